The number of nitrogens with zero attached hydrogens (tertiary/aromatic N) is 3. The largest absolute Gasteiger partial charge is 0.337 e. The lowest BCUT2D eigenvalue weighted by Crippen LogP contribution is -2.24. The third kappa shape index (κ3) is 4.91. The lowest BCUT2D eigenvalue weighted by Gasteiger charge is -2.20. The van der Waals surface area contributed by atoms with Gasteiger partial charge in [0.15, 0.2) is 0 Å². The predicted molar refractivity (Wildman–Crippen MR) is 109 cm³/mol. The summed E-state index contributed by atoms with van der Waals surface area (Å²) in [7, 11) is 0. The number of aromatic nitrogens is 2. The molecule has 138 valence electrons. The fraction of sp³-hybridized carbons (Fsp3) is 0.227. The molecule has 0 unspecified atom stereocenters. The van der Waals surface area contributed by atoms with Crippen LogP contribution in [0.25, 0.3) is 0 Å². The number of hydrogen-bond donors (Lipinski definition) is 1. The normalized spacial score (nSPS) is 10.4. The van der Waals surface area contributed by atoms with Crippen molar-refractivity contribution in [1.82, 2.24) is 9.97 Å². The van der Waals surface area contributed by atoms with Gasteiger partial charge in [-0.25, -0.2) is 9.97 Å². The molecule has 2 aromatic carbocycles. The first kappa shape index (κ1) is 18.6. The Morgan fingerprint density at radius 2 is 1.59 bits per heavy atom. The summed E-state index contributed by atoms with van der Waals surface area (Å²) in [4.78, 5) is 23.3. The van der Waals surface area contributed by atoms with Crippen molar-refractivity contribution in [2.24, 2.45) is 0 Å². The fourth-order valence-corrected chi connectivity index (χ4v) is 2.76. The van der Waals surface area contributed by atoms with E-state index in [1.165, 1.54) is 11.1 Å². The summed E-state index contributed by atoms with van der Waals surface area (Å²) >= 11 is 0. The lowest BCUT2D eigenvalue weighted by molar-refractivity contribution is 0.102. The van der Waals surface area contributed by atoms with Crippen LogP contribution in [0.2, 0.25) is 0 Å². The average molecular weight is 360 g/mol. The molecule has 0 radical (unpaired) electrons. The van der Waals surface area contributed by atoms with E-state index < -0.39 is 0 Å². The van der Waals surface area contributed by atoms with Crippen molar-refractivity contribution >= 4 is 17.5 Å². The standard InChI is InChI=1S/C22H24N4O/c1-3-17-10-12-20(13-11-17)25-21(27)19-14-23-22(24-15-19)26(4-2)16-18-8-6-5-7-9-18/h5-15H,3-4,16H2,1-2H3,(H,25,27). The van der Waals surface area contributed by atoms with Crippen molar-refractivity contribution < 1.29 is 4.79 Å². The minimum absolute atomic E-state index is 0.211. The molecule has 0 aliphatic heterocycles. The van der Waals surface area contributed by atoms with Gasteiger partial charge in [0.05, 0.1) is 5.56 Å². The number of carbonyl (C=O) groups is 1. The number of aryl methyl sites for hydroxylation is 1. The molecule has 5 nitrogen and oxygen atoms in total. The van der Waals surface area contributed by atoms with E-state index in [1.807, 2.05) is 42.5 Å². The Morgan fingerprint density at radius 3 is 2.19 bits per heavy atom. The number of carbonyl (C=O) groups excluding carboxylic acids is 1. The van der Waals surface area contributed by atoms with Gasteiger partial charge in [-0.3, -0.25) is 4.79 Å². The minimum atomic E-state index is -0.211. The Hall–Kier alpha value is -3.21. The summed E-state index contributed by atoms with van der Waals surface area (Å²) < 4.78 is 0. The van der Waals surface area contributed by atoms with E-state index in [9.17, 15) is 4.79 Å². The zero-order chi connectivity index (χ0) is 19.1. The van der Waals surface area contributed by atoms with Crippen LogP contribution in [-0.2, 0) is 13.0 Å². The summed E-state index contributed by atoms with van der Waals surface area (Å²) in [6.07, 6.45) is 4.12. The smallest absolute Gasteiger partial charge is 0.258 e. The van der Waals surface area contributed by atoms with Crippen LogP contribution < -0.4 is 10.2 Å². The number of hydrogen-bond acceptors (Lipinski definition) is 4. The molecule has 0 aliphatic rings. The van der Waals surface area contributed by atoms with Crippen LogP contribution in [0.5, 0.6) is 0 Å². The van der Waals surface area contributed by atoms with Gasteiger partial charge in [-0.15, -0.1) is 0 Å². The average Bonchev–Trinajstić information content (AvgIpc) is 2.73. The third-order valence-electron chi connectivity index (χ3n) is 4.40. The summed E-state index contributed by atoms with van der Waals surface area (Å²) in [5, 5.41) is 2.88. The summed E-state index contributed by atoms with van der Waals surface area (Å²) in [6.45, 7) is 5.67. The molecule has 3 rings (SSSR count). The third-order valence-corrected chi connectivity index (χ3v) is 4.40. The Bertz CT molecular complexity index is 861. The second kappa shape index (κ2) is 8.94. The maximum atomic E-state index is 12.4. The van der Waals surface area contributed by atoms with E-state index in [0.29, 0.717) is 11.5 Å². The zero-order valence-corrected chi connectivity index (χ0v) is 15.7. The van der Waals surface area contributed by atoms with Crippen LogP contribution in [0, 0.1) is 0 Å². The first-order chi connectivity index (χ1) is 13.2. The minimum Gasteiger partial charge on any atom is -0.337 e. The lowest BCUT2D eigenvalue weighted by atomic mass is 10.1. The Morgan fingerprint density at radius 1 is 0.926 bits per heavy atom. The molecule has 0 bridgehead atoms. The maximum Gasteiger partial charge on any atom is 0.258 e. The number of anilines is 2. The van der Waals surface area contributed by atoms with Gasteiger partial charge in [0.2, 0.25) is 5.95 Å². The molecule has 0 spiro atoms. The van der Waals surface area contributed by atoms with Gasteiger partial charge in [-0.05, 0) is 36.6 Å². The predicted octanol–water partition coefficient (Wildman–Crippen LogP) is 4.32. The molecule has 0 saturated heterocycles. The van der Waals surface area contributed by atoms with Crippen LogP contribution in [0.3, 0.4) is 0 Å². The molecular weight excluding hydrogens is 336 g/mol. The molecule has 0 saturated carbocycles. The molecule has 0 aliphatic carbocycles. The quantitative estimate of drug-likeness (QED) is 0.682. The highest BCUT2D eigenvalue weighted by Gasteiger charge is 2.11. The zero-order valence-electron chi connectivity index (χ0n) is 15.7. The van der Waals surface area contributed by atoms with Crippen molar-refractivity contribution in [1.29, 1.82) is 0 Å². The van der Waals surface area contributed by atoms with Gasteiger partial charge < -0.3 is 10.2 Å². The van der Waals surface area contributed by atoms with Crippen molar-refractivity contribution in [3.05, 3.63) is 83.7 Å². The molecule has 1 N–H and O–H groups in total. The van der Waals surface area contributed by atoms with Crippen molar-refractivity contribution in [3.8, 4) is 0 Å². The SMILES string of the molecule is CCc1ccc(NC(=O)c2cnc(N(CC)Cc3ccccc3)nc2)cc1. The number of rotatable bonds is 7. The highest BCUT2D eigenvalue weighted by Crippen LogP contribution is 2.14. The van der Waals surface area contributed by atoms with Gasteiger partial charge in [0.1, 0.15) is 0 Å². The second-order valence-electron chi connectivity index (χ2n) is 6.28. The first-order valence-electron chi connectivity index (χ1n) is 9.20. The summed E-state index contributed by atoms with van der Waals surface area (Å²) in [5.41, 5.74) is 3.63. The van der Waals surface area contributed by atoms with Gasteiger partial charge in [0, 0.05) is 31.2 Å². The van der Waals surface area contributed by atoms with Crippen LogP contribution in [-0.4, -0.2) is 22.4 Å². The molecule has 0 atom stereocenters. The van der Waals surface area contributed by atoms with Crippen LogP contribution in [0.4, 0.5) is 11.6 Å². The van der Waals surface area contributed by atoms with Crippen molar-refractivity contribution in [3.63, 3.8) is 0 Å². The van der Waals surface area contributed by atoms with E-state index in [4.69, 9.17) is 0 Å². The van der Waals surface area contributed by atoms with Crippen molar-refractivity contribution in [2.75, 3.05) is 16.8 Å². The topological polar surface area (TPSA) is 58.1 Å². The summed E-state index contributed by atoms with van der Waals surface area (Å²) in [6, 6.07) is 18.0. The highest BCUT2D eigenvalue weighted by atomic mass is 16.1. The van der Waals surface area contributed by atoms with Crippen LogP contribution >= 0.6 is 0 Å². The highest BCUT2D eigenvalue weighted by molar-refractivity contribution is 6.03. The molecule has 27 heavy (non-hydrogen) atoms. The molecule has 3 aromatic rings. The van der Waals surface area contributed by atoms with Gasteiger partial charge in [0.25, 0.3) is 5.91 Å². The van der Waals surface area contributed by atoms with E-state index >= 15 is 0 Å². The number of benzene rings is 2. The monoisotopic (exact) mass is 360 g/mol. The Balaban J connectivity index is 1.66. The Kier molecular flexibility index (Phi) is 6.15. The second-order valence-corrected chi connectivity index (χ2v) is 6.28. The number of amides is 1. The van der Waals surface area contributed by atoms with E-state index in [-0.39, 0.29) is 5.91 Å². The van der Waals surface area contributed by atoms with Gasteiger partial charge in [-0.2, -0.15) is 0 Å². The molecule has 0 fully saturated rings. The molecular formula is C22H24N4O. The molecule has 1 aromatic heterocycles. The van der Waals surface area contributed by atoms with Crippen LogP contribution in [0.1, 0.15) is 35.3 Å². The van der Waals surface area contributed by atoms with E-state index in [0.717, 1.165) is 25.2 Å². The first-order valence-corrected chi connectivity index (χ1v) is 9.20. The summed E-state index contributed by atoms with van der Waals surface area (Å²) in [5.74, 6) is 0.405. The van der Waals surface area contributed by atoms with Gasteiger partial charge >= 0.3 is 0 Å². The molecule has 1 heterocycles. The van der Waals surface area contributed by atoms with Crippen molar-refractivity contribution in [2.45, 2.75) is 26.8 Å². The van der Waals surface area contributed by atoms with E-state index in [1.54, 1.807) is 12.4 Å². The molecule has 1 amide bonds. The fourth-order valence-electron chi connectivity index (χ4n) is 2.76. The van der Waals surface area contributed by atoms with Gasteiger partial charge in [-0.1, -0.05) is 49.4 Å². The maximum absolute atomic E-state index is 12.4. The Labute approximate surface area is 160 Å². The molecule has 5 heteroatoms. The van der Waals surface area contributed by atoms with Crippen LogP contribution in [0.15, 0.2) is 67.0 Å². The van der Waals surface area contributed by atoms with E-state index in [2.05, 4.69) is 46.2 Å². The number of nitrogens with one attached hydrogen (secondary N) is 1.